The molecule has 0 fully saturated rings. The van der Waals surface area contributed by atoms with Crippen LogP contribution in [0.3, 0.4) is 0 Å². The van der Waals surface area contributed by atoms with E-state index < -0.39 is 0 Å². The monoisotopic (exact) mass is 188 g/mol. The zero-order valence-corrected chi connectivity index (χ0v) is 8.49. The van der Waals surface area contributed by atoms with E-state index in [1.54, 1.807) is 6.26 Å². The molecule has 0 saturated heterocycles. The summed E-state index contributed by atoms with van der Waals surface area (Å²) in [6.45, 7) is 2.04. The molecule has 0 spiro atoms. The molecule has 0 saturated carbocycles. The summed E-state index contributed by atoms with van der Waals surface area (Å²) in [6, 6.07) is 0. The van der Waals surface area contributed by atoms with E-state index in [0.29, 0.717) is 0 Å². The summed E-state index contributed by atoms with van der Waals surface area (Å²) in [5.41, 5.74) is 1.22. The first kappa shape index (κ1) is 10.9. The number of halogens is 1. The van der Waals surface area contributed by atoms with Crippen LogP contribution in [0.5, 0.6) is 0 Å². The molecule has 0 aromatic carbocycles. The van der Waals surface area contributed by atoms with Crippen molar-refractivity contribution in [2.45, 2.75) is 13.3 Å². The van der Waals surface area contributed by atoms with E-state index in [1.807, 2.05) is 19.1 Å². The molecule has 0 aliphatic heterocycles. The summed E-state index contributed by atoms with van der Waals surface area (Å²) in [7, 11) is 0. The molecule has 1 aliphatic carbocycles. The SMILES string of the molecule is CC1=CC(Cl)=CCC=C1.CS. The first-order valence-electron chi connectivity index (χ1n) is 3.44. The van der Waals surface area contributed by atoms with Gasteiger partial charge in [-0.1, -0.05) is 29.8 Å². The summed E-state index contributed by atoms with van der Waals surface area (Å²) in [5, 5.41) is 0.845. The molecule has 0 radical (unpaired) electrons. The van der Waals surface area contributed by atoms with Crippen LogP contribution in [0.2, 0.25) is 0 Å². The fraction of sp³-hybridized carbons (Fsp3) is 0.333. The third-order valence-electron chi connectivity index (χ3n) is 1.20. The summed E-state index contributed by atoms with van der Waals surface area (Å²) < 4.78 is 0. The summed E-state index contributed by atoms with van der Waals surface area (Å²) >= 11 is 9.29. The number of hydrogen-bond acceptors (Lipinski definition) is 1. The van der Waals surface area contributed by atoms with E-state index in [2.05, 4.69) is 24.8 Å². The predicted octanol–water partition coefficient (Wildman–Crippen LogP) is 3.56. The highest BCUT2D eigenvalue weighted by Crippen LogP contribution is 2.12. The molecule has 0 N–H and O–H groups in total. The van der Waals surface area contributed by atoms with Crippen molar-refractivity contribution in [2.24, 2.45) is 0 Å². The molecular weight excluding hydrogens is 176 g/mol. The zero-order valence-electron chi connectivity index (χ0n) is 6.84. The van der Waals surface area contributed by atoms with Crippen LogP contribution in [0.15, 0.2) is 34.9 Å². The van der Waals surface area contributed by atoms with Gasteiger partial charge >= 0.3 is 0 Å². The third kappa shape index (κ3) is 5.16. The van der Waals surface area contributed by atoms with Gasteiger partial charge in [0.15, 0.2) is 0 Å². The molecule has 62 valence electrons. The maximum absolute atomic E-state index is 5.76. The molecule has 1 rings (SSSR count). The summed E-state index contributed by atoms with van der Waals surface area (Å²) in [5.74, 6) is 0. The van der Waals surface area contributed by atoms with Gasteiger partial charge < -0.3 is 0 Å². The second-order valence-electron chi connectivity index (χ2n) is 2.12. The van der Waals surface area contributed by atoms with E-state index in [4.69, 9.17) is 11.6 Å². The Morgan fingerprint density at radius 1 is 1.45 bits per heavy atom. The highest BCUT2D eigenvalue weighted by atomic mass is 35.5. The van der Waals surface area contributed by atoms with Gasteiger partial charge in [0.1, 0.15) is 0 Å². The molecule has 0 aromatic rings. The zero-order chi connectivity index (χ0) is 8.69. The van der Waals surface area contributed by atoms with Crippen LogP contribution in [-0.4, -0.2) is 6.26 Å². The van der Waals surface area contributed by atoms with Gasteiger partial charge in [-0.05, 0) is 31.2 Å². The average Bonchev–Trinajstić information content (AvgIpc) is 2.18. The maximum Gasteiger partial charge on any atom is 0.0371 e. The molecule has 0 amide bonds. The molecule has 0 bridgehead atoms. The predicted molar refractivity (Wildman–Crippen MR) is 56.4 cm³/mol. The lowest BCUT2D eigenvalue weighted by Crippen LogP contribution is -1.64. The number of thiol groups is 1. The number of rotatable bonds is 0. The lowest BCUT2D eigenvalue weighted by atomic mass is 10.3. The largest absolute Gasteiger partial charge is 0.183 e. The van der Waals surface area contributed by atoms with Crippen LogP contribution in [-0.2, 0) is 0 Å². The van der Waals surface area contributed by atoms with Crippen LogP contribution < -0.4 is 0 Å². The second-order valence-corrected chi connectivity index (χ2v) is 2.55. The molecular formula is C9H13ClS. The average molecular weight is 189 g/mol. The summed E-state index contributed by atoms with van der Waals surface area (Å²) in [6.07, 6.45) is 10.8. The lowest BCUT2D eigenvalue weighted by Gasteiger charge is -1.85. The second kappa shape index (κ2) is 6.56. The van der Waals surface area contributed by atoms with Crippen molar-refractivity contribution in [1.29, 1.82) is 0 Å². The molecule has 0 nitrogen and oxygen atoms in total. The van der Waals surface area contributed by atoms with Gasteiger partial charge in [-0.2, -0.15) is 12.6 Å². The smallest absolute Gasteiger partial charge is 0.0371 e. The highest BCUT2D eigenvalue weighted by molar-refractivity contribution is 7.79. The van der Waals surface area contributed by atoms with Gasteiger partial charge in [-0.3, -0.25) is 0 Å². The Balaban J connectivity index is 0.000000461. The van der Waals surface area contributed by atoms with Gasteiger partial charge in [0.05, 0.1) is 0 Å². The van der Waals surface area contributed by atoms with Crippen LogP contribution in [0.25, 0.3) is 0 Å². The normalized spacial score (nSPS) is 15.6. The van der Waals surface area contributed by atoms with Gasteiger partial charge in [0.25, 0.3) is 0 Å². The van der Waals surface area contributed by atoms with Crippen molar-refractivity contribution in [3.63, 3.8) is 0 Å². The number of hydrogen-bond donors (Lipinski definition) is 1. The Labute approximate surface area is 79.0 Å². The van der Waals surface area contributed by atoms with Crippen molar-refractivity contribution in [1.82, 2.24) is 0 Å². The molecule has 11 heavy (non-hydrogen) atoms. The van der Waals surface area contributed by atoms with Gasteiger partial charge in [-0.25, -0.2) is 0 Å². The minimum atomic E-state index is 0.845. The molecule has 0 aromatic heterocycles. The molecule has 0 atom stereocenters. The Bertz CT molecular complexity index is 190. The fourth-order valence-corrected chi connectivity index (χ4v) is 1.02. The molecule has 2 heteroatoms. The fourth-order valence-electron chi connectivity index (χ4n) is 0.759. The highest BCUT2D eigenvalue weighted by Gasteiger charge is 1.90. The first-order chi connectivity index (χ1) is 5.29. The van der Waals surface area contributed by atoms with Crippen LogP contribution in [0.4, 0.5) is 0 Å². The minimum absolute atomic E-state index is 0.845. The van der Waals surface area contributed by atoms with Crippen molar-refractivity contribution in [3.05, 3.63) is 34.9 Å². The van der Waals surface area contributed by atoms with Crippen molar-refractivity contribution >= 4 is 24.2 Å². The van der Waals surface area contributed by atoms with Crippen molar-refractivity contribution in [3.8, 4) is 0 Å². The quantitative estimate of drug-likeness (QED) is 0.553. The Kier molecular flexibility index (Phi) is 6.48. The van der Waals surface area contributed by atoms with Gasteiger partial charge in [0.2, 0.25) is 0 Å². The molecule has 0 unspecified atom stereocenters. The van der Waals surface area contributed by atoms with E-state index in [9.17, 15) is 0 Å². The number of allylic oxidation sites excluding steroid dienone is 6. The Hall–Kier alpha value is -0.140. The van der Waals surface area contributed by atoms with E-state index in [0.717, 1.165) is 11.5 Å². The van der Waals surface area contributed by atoms with Gasteiger partial charge in [-0.15, -0.1) is 0 Å². The van der Waals surface area contributed by atoms with Crippen LogP contribution >= 0.6 is 24.2 Å². The van der Waals surface area contributed by atoms with Crippen LogP contribution in [0, 0.1) is 0 Å². The Morgan fingerprint density at radius 2 is 2.09 bits per heavy atom. The van der Waals surface area contributed by atoms with E-state index >= 15 is 0 Å². The molecule has 0 heterocycles. The van der Waals surface area contributed by atoms with E-state index in [-0.39, 0.29) is 0 Å². The first-order valence-corrected chi connectivity index (χ1v) is 4.71. The third-order valence-corrected chi connectivity index (χ3v) is 1.46. The van der Waals surface area contributed by atoms with Crippen molar-refractivity contribution < 1.29 is 0 Å². The summed E-state index contributed by atoms with van der Waals surface area (Å²) in [4.78, 5) is 0. The molecule has 1 aliphatic rings. The minimum Gasteiger partial charge on any atom is -0.183 e. The van der Waals surface area contributed by atoms with Gasteiger partial charge in [0, 0.05) is 5.03 Å². The van der Waals surface area contributed by atoms with E-state index in [1.165, 1.54) is 5.57 Å². The topological polar surface area (TPSA) is 0 Å². The van der Waals surface area contributed by atoms with Crippen molar-refractivity contribution in [2.75, 3.05) is 6.26 Å². The lowest BCUT2D eigenvalue weighted by molar-refractivity contribution is 1.39. The maximum atomic E-state index is 5.76. The van der Waals surface area contributed by atoms with Crippen LogP contribution in [0.1, 0.15) is 13.3 Å². The Morgan fingerprint density at radius 3 is 2.73 bits per heavy atom. The standard InChI is InChI=1S/C8H9Cl.CH4S/c1-7-4-2-3-5-8(9)6-7;1-2/h2,4-6H,3H2,1H3;2H,1H3.